The van der Waals surface area contributed by atoms with Crippen molar-refractivity contribution in [2.75, 3.05) is 0 Å². The Morgan fingerprint density at radius 1 is 1.06 bits per heavy atom. The fourth-order valence-electron chi connectivity index (χ4n) is 1.44. The van der Waals surface area contributed by atoms with Crippen LogP contribution in [0.3, 0.4) is 0 Å². The molecule has 2 nitrogen and oxygen atoms in total. The van der Waals surface area contributed by atoms with Crippen molar-refractivity contribution < 1.29 is 13.9 Å². The van der Waals surface area contributed by atoms with Gasteiger partial charge in [0, 0.05) is 12.3 Å². The van der Waals surface area contributed by atoms with Gasteiger partial charge < -0.3 is 5.11 Å². The summed E-state index contributed by atoms with van der Waals surface area (Å²) in [5, 5.41) is 9.84. The van der Waals surface area contributed by atoms with E-state index < -0.39 is 17.7 Å². The number of hydrogen-bond acceptors (Lipinski definition) is 2. The molecule has 1 aromatic carbocycles. The standard InChI is InChI=1S/C12H9F2NO/c13-9-5-8(6-10(14)7-9)12(16)11-3-1-2-4-15-11/h1-7,12,16H/t12-/m0/s1. The Bertz CT molecular complexity index is 467. The van der Waals surface area contributed by atoms with E-state index in [1.54, 1.807) is 18.2 Å². The third kappa shape index (κ3) is 2.23. The zero-order valence-corrected chi connectivity index (χ0v) is 8.27. The Morgan fingerprint density at radius 3 is 2.31 bits per heavy atom. The first-order chi connectivity index (χ1) is 7.66. The molecule has 1 N–H and O–H groups in total. The number of pyridine rings is 1. The molecule has 2 aromatic rings. The molecule has 0 fully saturated rings. The third-order valence-corrected chi connectivity index (χ3v) is 2.17. The highest BCUT2D eigenvalue weighted by atomic mass is 19.1. The van der Waals surface area contributed by atoms with E-state index in [-0.39, 0.29) is 5.56 Å². The molecule has 1 aromatic heterocycles. The van der Waals surface area contributed by atoms with Crippen LogP contribution in [0, 0.1) is 11.6 Å². The Kier molecular flexibility index (Phi) is 2.92. The number of nitrogens with zero attached hydrogens (tertiary/aromatic N) is 1. The summed E-state index contributed by atoms with van der Waals surface area (Å²) in [5.41, 5.74) is 0.503. The van der Waals surface area contributed by atoms with Gasteiger partial charge in [-0.2, -0.15) is 0 Å². The first kappa shape index (κ1) is 10.7. The molecule has 0 unspecified atom stereocenters. The van der Waals surface area contributed by atoms with Crippen LogP contribution in [0.25, 0.3) is 0 Å². The molecule has 82 valence electrons. The van der Waals surface area contributed by atoms with Crippen LogP contribution in [-0.2, 0) is 0 Å². The molecule has 0 saturated carbocycles. The van der Waals surface area contributed by atoms with Crippen molar-refractivity contribution in [1.82, 2.24) is 4.98 Å². The van der Waals surface area contributed by atoms with Crippen molar-refractivity contribution in [3.63, 3.8) is 0 Å². The van der Waals surface area contributed by atoms with E-state index >= 15 is 0 Å². The SMILES string of the molecule is O[C@@H](c1cc(F)cc(F)c1)c1ccccn1. The second kappa shape index (κ2) is 4.37. The molecule has 0 bridgehead atoms. The molecule has 0 amide bonds. The largest absolute Gasteiger partial charge is 0.382 e. The Morgan fingerprint density at radius 2 is 1.75 bits per heavy atom. The van der Waals surface area contributed by atoms with Gasteiger partial charge in [-0.25, -0.2) is 8.78 Å². The smallest absolute Gasteiger partial charge is 0.126 e. The minimum Gasteiger partial charge on any atom is -0.382 e. The maximum atomic E-state index is 12.9. The average Bonchev–Trinajstić information content (AvgIpc) is 2.28. The molecule has 0 aliphatic carbocycles. The Hall–Kier alpha value is -1.81. The molecule has 0 spiro atoms. The van der Waals surface area contributed by atoms with E-state index in [1.165, 1.54) is 6.20 Å². The lowest BCUT2D eigenvalue weighted by Gasteiger charge is -2.10. The first-order valence-corrected chi connectivity index (χ1v) is 4.72. The van der Waals surface area contributed by atoms with E-state index in [2.05, 4.69) is 4.98 Å². The molecule has 16 heavy (non-hydrogen) atoms. The van der Waals surface area contributed by atoms with Crippen LogP contribution >= 0.6 is 0 Å². The van der Waals surface area contributed by atoms with E-state index in [1.807, 2.05) is 0 Å². The minimum atomic E-state index is -1.12. The number of hydrogen-bond donors (Lipinski definition) is 1. The van der Waals surface area contributed by atoms with Crippen molar-refractivity contribution in [2.45, 2.75) is 6.10 Å². The molecule has 0 saturated heterocycles. The summed E-state index contributed by atoms with van der Waals surface area (Å²) in [4.78, 5) is 3.92. The predicted molar refractivity (Wildman–Crippen MR) is 54.7 cm³/mol. The fraction of sp³-hybridized carbons (Fsp3) is 0.0833. The van der Waals surface area contributed by atoms with Crippen molar-refractivity contribution >= 4 is 0 Å². The first-order valence-electron chi connectivity index (χ1n) is 4.72. The lowest BCUT2D eigenvalue weighted by Crippen LogP contribution is -2.02. The summed E-state index contributed by atoms with van der Waals surface area (Å²) >= 11 is 0. The van der Waals surface area contributed by atoms with Gasteiger partial charge in [0.15, 0.2) is 0 Å². The number of benzene rings is 1. The van der Waals surface area contributed by atoms with Gasteiger partial charge in [-0.3, -0.25) is 4.98 Å². The minimum absolute atomic E-state index is 0.149. The van der Waals surface area contributed by atoms with Gasteiger partial charge in [-0.1, -0.05) is 6.07 Å². The quantitative estimate of drug-likeness (QED) is 0.844. The topological polar surface area (TPSA) is 33.1 Å². The summed E-state index contributed by atoms with van der Waals surface area (Å²) in [6.07, 6.45) is 0.389. The monoisotopic (exact) mass is 221 g/mol. The lowest BCUT2D eigenvalue weighted by molar-refractivity contribution is 0.214. The van der Waals surface area contributed by atoms with Gasteiger partial charge in [0.1, 0.15) is 17.7 Å². The van der Waals surface area contributed by atoms with Crippen LogP contribution in [0.15, 0.2) is 42.6 Å². The van der Waals surface area contributed by atoms with E-state index in [4.69, 9.17) is 0 Å². The lowest BCUT2D eigenvalue weighted by atomic mass is 10.1. The molecule has 0 radical (unpaired) electrons. The van der Waals surface area contributed by atoms with Crippen LogP contribution in [0.1, 0.15) is 17.4 Å². The second-order valence-corrected chi connectivity index (χ2v) is 3.36. The zero-order valence-electron chi connectivity index (χ0n) is 8.27. The molecule has 1 heterocycles. The van der Waals surface area contributed by atoms with Crippen molar-refractivity contribution in [1.29, 1.82) is 0 Å². The summed E-state index contributed by atoms with van der Waals surface area (Å²) in [7, 11) is 0. The Labute approximate surface area is 91.2 Å². The van der Waals surface area contributed by atoms with Gasteiger partial charge in [-0.15, -0.1) is 0 Å². The highest BCUT2D eigenvalue weighted by Crippen LogP contribution is 2.21. The molecular weight excluding hydrogens is 212 g/mol. The number of aliphatic hydroxyl groups excluding tert-OH is 1. The maximum Gasteiger partial charge on any atom is 0.126 e. The van der Waals surface area contributed by atoms with Gasteiger partial charge in [-0.05, 0) is 29.8 Å². The van der Waals surface area contributed by atoms with Gasteiger partial charge in [0.25, 0.3) is 0 Å². The van der Waals surface area contributed by atoms with E-state index in [0.717, 1.165) is 18.2 Å². The van der Waals surface area contributed by atoms with Crippen molar-refractivity contribution in [2.24, 2.45) is 0 Å². The highest BCUT2D eigenvalue weighted by Gasteiger charge is 2.13. The molecule has 0 aliphatic heterocycles. The number of rotatable bonds is 2. The van der Waals surface area contributed by atoms with E-state index in [9.17, 15) is 13.9 Å². The predicted octanol–water partition coefficient (Wildman–Crippen LogP) is 2.44. The van der Waals surface area contributed by atoms with Gasteiger partial charge in [0.05, 0.1) is 5.69 Å². The number of aromatic nitrogens is 1. The van der Waals surface area contributed by atoms with Crippen molar-refractivity contribution in [3.8, 4) is 0 Å². The van der Waals surface area contributed by atoms with Crippen LogP contribution in [0.4, 0.5) is 8.78 Å². The van der Waals surface area contributed by atoms with Crippen LogP contribution in [0.5, 0.6) is 0 Å². The second-order valence-electron chi connectivity index (χ2n) is 3.36. The van der Waals surface area contributed by atoms with Crippen LogP contribution in [0.2, 0.25) is 0 Å². The number of halogens is 2. The zero-order chi connectivity index (χ0) is 11.5. The molecular formula is C12H9F2NO. The summed E-state index contributed by atoms with van der Waals surface area (Å²) in [6.45, 7) is 0. The van der Waals surface area contributed by atoms with Crippen LogP contribution in [-0.4, -0.2) is 10.1 Å². The fourth-order valence-corrected chi connectivity index (χ4v) is 1.44. The molecule has 4 heteroatoms. The van der Waals surface area contributed by atoms with E-state index in [0.29, 0.717) is 5.69 Å². The van der Waals surface area contributed by atoms with Crippen molar-refractivity contribution in [3.05, 3.63) is 65.5 Å². The number of aliphatic hydroxyl groups is 1. The summed E-state index contributed by atoms with van der Waals surface area (Å²) < 4.78 is 25.9. The van der Waals surface area contributed by atoms with Gasteiger partial charge >= 0.3 is 0 Å². The normalized spacial score (nSPS) is 12.4. The molecule has 0 aliphatic rings. The van der Waals surface area contributed by atoms with Gasteiger partial charge in [0.2, 0.25) is 0 Å². The summed E-state index contributed by atoms with van der Waals surface area (Å²) in [6, 6.07) is 7.91. The third-order valence-electron chi connectivity index (χ3n) is 2.17. The maximum absolute atomic E-state index is 12.9. The average molecular weight is 221 g/mol. The summed E-state index contributed by atoms with van der Waals surface area (Å²) in [5.74, 6) is -1.44. The van der Waals surface area contributed by atoms with Crippen LogP contribution < -0.4 is 0 Å². The highest BCUT2D eigenvalue weighted by molar-refractivity contribution is 5.26. The molecule has 1 atom stereocenters. The molecule has 2 rings (SSSR count). The Balaban J connectivity index is 2.37.